The van der Waals surface area contributed by atoms with Gasteiger partial charge in [0, 0.05) is 3.57 Å². The lowest BCUT2D eigenvalue weighted by molar-refractivity contribution is 0.590. The Bertz CT molecular complexity index is 525. The van der Waals surface area contributed by atoms with Gasteiger partial charge in [0.2, 0.25) is 0 Å². The van der Waals surface area contributed by atoms with Crippen LogP contribution in [0.15, 0.2) is 54.6 Å². The van der Waals surface area contributed by atoms with Gasteiger partial charge >= 0.3 is 0 Å². The maximum atomic E-state index is 2.32. The highest BCUT2D eigenvalue weighted by Crippen LogP contribution is 2.22. The highest BCUT2D eigenvalue weighted by Gasteiger charge is 2.12. The first-order valence-corrected chi connectivity index (χ1v) is 8.50. The third-order valence-corrected chi connectivity index (χ3v) is 4.07. The Morgan fingerprint density at radius 3 is 1.29 bits per heavy atom. The predicted molar refractivity (Wildman–Crippen MR) is 103 cm³/mol. The molecular weight excluding hydrogens is 367 g/mol. The van der Waals surface area contributed by atoms with E-state index in [1.54, 1.807) is 0 Å². The summed E-state index contributed by atoms with van der Waals surface area (Å²) in [4.78, 5) is 0. The minimum atomic E-state index is 0.282. The van der Waals surface area contributed by atoms with Crippen LogP contribution in [0.4, 0.5) is 0 Å². The lowest BCUT2D eigenvalue weighted by Crippen LogP contribution is -2.10. The molecule has 0 aliphatic heterocycles. The van der Waals surface area contributed by atoms with Crippen molar-refractivity contribution >= 4 is 22.6 Å². The van der Waals surface area contributed by atoms with Gasteiger partial charge in [-0.2, -0.15) is 0 Å². The maximum Gasteiger partial charge on any atom is 0.0130 e. The standard InChI is InChI=1S/C10H13I.C10H14/c1-10(2,3)8-4-6-9(11)7-5-8;1-10(2,3)9-7-5-4-6-8-9/h4-7H,1-3H3;4-8H,1-3H3. The third kappa shape index (κ3) is 6.64. The molecule has 0 bridgehead atoms. The Morgan fingerprint density at radius 2 is 0.952 bits per heavy atom. The van der Waals surface area contributed by atoms with E-state index in [1.165, 1.54) is 14.7 Å². The molecule has 21 heavy (non-hydrogen) atoms. The van der Waals surface area contributed by atoms with Gasteiger partial charge in [-0.15, -0.1) is 0 Å². The zero-order valence-corrected chi connectivity index (χ0v) is 16.2. The van der Waals surface area contributed by atoms with Gasteiger partial charge in [0.05, 0.1) is 0 Å². The molecule has 0 N–H and O–H groups in total. The van der Waals surface area contributed by atoms with Crippen molar-refractivity contribution in [2.75, 3.05) is 0 Å². The first-order valence-electron chi connectivity index (χ1n) is 7.42. The van der Waals surface area contributed by atoms with Crippen molar-refractivity contribution in [3.63, 3.8) is 0 Å². The minimum absolute atomic E-state index is 0.282. The van der Waals surface area contributed by atoms with Crippen molar-refractivity contribution in [1.29, 1.82) is 0 Å². The summed E-state index contributed by atoms with van der Waals surface area (Å²) >= 11 is 2.32. The van der Waals surface area contributed by atoms with E-state index in [2.05, 4.69) is 119 Å². The smallest absolute Gasteiger partial charge is 0.0130 e. The van der Waals surface area contributed by atoms with E-state index in [0.717, 1.165) is 0 Å². The Balaban J connectivity index is 0.000000211. The molecular formula is C20H27I. The van der Waals surface area contributed by atoms with Gasteiger partial charge in [-0.3, -0.25) is 0 Å². The van der Waals surface area contributed by atoms with Crippen LogP contribution in [0.1, 0.15) is 52.7 Å². The van der Waals surface area contributed by atoms with E-state index in [1.807, 2.05) is 0 Å². The van der Waals surface area contributed by atoms with Crippen LogP contribution >= 0.6 is 22.6 Å². The monoisotopic (exact) mass is 394 g/mol. The summed E-state index contributed by atoms with van der Waals surface area (Å²) in [7, 11) is 0. The van der Waals surface area contributed by atoms with E-state index >= 15 is 0 Å². The molecule has 114 valence electrons. The highest BCUT2D eigenvalue weighted by atomic mass is 127. The normalized spacial score (nSPS) is 11.6. The number of hydrogen-bond acceptors (Lipinski definition) is 0. The molecule has 2 aromatic carbocycles. The van der Waals surface area contributed by atoms with E-state index in [-0.39, 0.29) is 5.41 Å². The third-order valence-electron chi connectivity index (χ3n) is 3.35. The molecule has 0 nitrogen and oxygen atoms in total. The molecule has 0 radical (unpaired) electrons. The number of benzene rings is 2. The molecule has 2 aromatic rings. The molecule has 0 aliphatic rings. The SMILES string of the molecule is CC(C)(C)c1ccc(I)cc1.CC(C)(C)c1ccccc1. The zero-order chi connectivity index (χ0) is 16.1. The van der Waals surface area contributed by atoms with Crippen LogP contribution in [-0.4, -0.2) is 0 Å². The average Bonchev–Trinajstić information content (AvgIpc) is 2.39. The van der Waals surface area contributed by atoms with Crippen LogP contribution in [0.2, 0.25) is 0 Å². The van der Waals surface area contributed by atoms with Crippen LogP contribution in [0.3, 0.4) is 0 Å². The molecule has 0 heterocycles. The van der Waals surface area contributed by atoms with Crippen molar-refractivity contribution in [1.82, 2.24) is 0 Å². The summed E-state index contributed by atoms with van der Waals surface area (Å²) in [5, 5.41) is 0. The molecule has 0 aliphatic carbocycles. The first kappa shape index (κ1) is 18.2. The van der Waals surface area contributed by atoms with E-state index < -0.39 is 0 Å². The summed E-state index contributed by atoms with van der Waals surface area (Å²) in [5.41, 5.74) is 3.37. The van der Waals surface area contributed by atoms with E-state index in [9.17, 15) is 0 Å². The summed E-state index contributed by atoms with van der Waals surface area (Å²) in [6, 6.07) is 19.3. The molecule has 0 saturated heterocycles. The van der Waals surface area contributed by atoms with Crippen molar-refractivity contribution in [2.24, 2.45) is 0 Å². The summed E-state index contributed by atoms with van der Waals surface area (Å²) < 4.78 is 1.30. The minimum Gasteiger partial charge on any atom is -0.0622 e. The van der Waals surface area contributed by atoms with Gasteiger partial charge in [0.15, 0.2) is 0 Å². The topological polar surface area (TPSA) is 0 Å². The van der Waals surface area contributed by atoms with Gasteiger partial charge in [0.25, 0.3) is 0 Å². The molecule has 0 fully saturated rings. The van der Waals surface area contributed by atoms with Crippen LogP contribution in [0, 0.1) is 3.57 Å². The number of halogens is 1. The second kappa shape index (κ2) is 7.44. The van der Waals surface area contributed by atoms with Crippen LogP contribution in [0.25, 0.3) is 0 Å². The number of hydrogen-bond donors (Lipinski definition) is 0. The van der Waals surface area contributed by atoms with Crippen LogP contribution in [-0.2, 0) is 10.8 Å². The van der Waals surface area contributed by atoms with E-state index in [4.69, 9.17) is 0 Å². The Labute approximate surface area is 144 Å². The summed E-state index contributed by atoms with van der Waals surface area (Å²) in [6.07, 6.45) is 0. The molecule has 1 heteroatoms. The Hall–Kier alpha value is -0.830. The van der Waals surface area contributed by atoms with Crippen molar-refractivity contribution in [2.45, 2.75) is 52.4 Å². The highest BCUT2D eigenvalue weighted by molar-refractivity contribution is 14.1. The molecule has 0 unspecified atom stereocenters. The van der Waals surface area contributed by atoms with Crippen LogP contribution in [0.5, 0.6) is 0 Å². The summed E-state index contributed by atoms with van der Waals surface area (Å²) in [5.74, 6) is 0. The lowest BCUT2D eigenvalue weighted by atomic mass is 9.87. The lowest BCUT2D eigenvalue weighted by Gasteiger charge is -2.18. The predicted octanol–water partition coefficient (Wildman–Crippen LogP) is 6.57. The molecule has 2 rings (SSSR count). The van der Waals surface area contributed by atoms with Crippen molar-refractivity contribution in [3.8, 4) is 0 Å². The molecule has 0 spiro atoms. The molecule has 0 aromatic heterocycles. The van der Waals surface area contributed by atoms with Gasteiger partial charge in [-0.1, -0.05) is 84.0 Å². The molecule has 0 atom stereocenters. The fourth-order valence-corrected chi connectivity index (χ4v) is 2.25. The van der Waals surface area contributed by atoms with Gasteiger partial charge in [-0.25, -0.2) is 0 Å². The Morgan fingerprint density at radius 1 is 0.571 bits per heavy atom. The maximum absolute atomic E-state index is 2.32. The largest absolute Gasteiger partial charge is 0.0622 e. The fourth-order valence-electron chi connectivity index (χ4n) is 1.89. The van der Waals surface area contributed by atoms with E-state index in [0.29, 0.717) is 5.41 Å². The Kier molecular flexibility index (Phi) is 6.45. The second-order valence-corrected chi connectivity index (χ2v) is 8.62. The molecule has 0 saturated carbocycles. The average molecular weight is 394 g/mol. The zero-order valence-electron chi connectivity index (χ0n) is 14.1. The fraction of sp³-hybridized carbons (Fsp3) is 0.400. The molecule has 0 amide bonds. The first-order chi connectivity index (χ1) is 9.60. The van der Waals surface area contributed by atoms with Crippen LogP contribution < -0.4 is 0 Å². The number of rotatable bonds is 0. The van der Waals surface area contributed by atoms with Gasteiger partial charge in [0.1, 0.15) is 0 Å². The van der Waals surface area contributed by atoms with Gasteiger partial charge < -0.3 is 0 Å². The summed E-state index contributed by atoms with van der Waals surface area (Å²) in [6.45, 7) is 13.4. The van der Waals surface area contributed by atoms with Gasteiger partial charge in [-0.05, 0) is 56.7 Å². The van der Waals surface area contributed by atoms with Crippen molar-refractivity contribution in [3.05, 3.63) is 69.3 Å². The van der Waals surface area contributed by atoms with Crippen molar-refractivity contribution < 1.29 is 0 Å². The second-order valence-electron chi connectivity index (χ2n) is 7.37. The quantitative estimate of drug-likeness (QED) is 0.443.